The van der Waals surface area contributed by atoms with Crippen molar-refractivity contribution in [2.75, 3.05) is 6.61 Å². The molecule has 3 N–H and O–H groups in total. The molecule has 0 unspecified atom stereocenters. The van der Waals surface area contributed by atoms with E-state index in [1.807, 2.05) is 19.1 Å². The molecule has 1 heterocycles. The second-order valence-electron chi connectivity index (χ2n) is 4.37. The standard InChI is InChI=1S/C14H17N3O3/c1-10-6-17-14(20-10)8-16-7-11-2-4-12(5-3-11)19-9-13(15)18/h2-6,16H,7-9H2,1H3,(H2,15,18). The van der Waals surface area contributed by atoms with Gasteiger partial charge in [-0.15, -0.1) is 0 Å². The minimum absolute atomic E-state index is 0.110. The monoisotopic (exact) mass is 275 g/mol. The Kier molecular flexibility index (Phi) is 4.73. The van der Waals surface area contributed by atoms with E-state index in [1.54, 1.807) is 18.3 Å². The Hall–Kier alpha value is -2.34. The van der Waals surface area contributed by atoms with Crippen molar-refractivity contribution >= 4 is 5.91 Å². The molecule has 0 fully saturated rings. The Bertz CT molecular complexity index is 563. The summed E-state index contributed by atoms with van der Waals surface area (Å²) in [7, 11) is 0. The lowest BCUT2D eigenvalue weighted by Gasteiger charge is -2.06. The Labute approximate surface area is 116 Å². The zero-order valence-electron chi connectivity index (χ0n) is 11.3. The van der Waals surface area contributed by atoms with Crippen LogP contribution in [0.5, 0.6) is 5.75 Å². The molecule has 0 aliphatic carbocycles. The molecule has 106 valence electrons. The van der Waals surface area contributed by atoms with Crippen LogP contribution in [0.25, 0.3) is 0 Å². The summed E-state index contributed by atoms with van der Waals surface area (Å²) in [6.07, 6.45) is 1.70. The van der Waals surface area contributed by atoms with Crippen molar-refractivity contribution in [1.29, 1.82) is 0 Å². The lowest BCUT2D eigenvalue weighted by Crippen LogP contribution is -2.20. The molecular formula is C14H17N3O3. The van der Waals surface area contributed by atoms with Gasteiger partial charge in [0.05, 0.1) is 12.7 Å². The average Bonchev–Trinajstić information content (AvgIpc) is 2.83. The van der Waals surface area contributed by atoms with Gasteiger partial charge in [0.15, 0.2) is 6.61 Å². The molecule has 0 radical (unpaired) electrons. The highest BCUT2D eigenvalue weighted by Crippen LogP contribution is 2.12. The van der Waals surface area contributed by atoms with E-state index in [1.165, 1.54) is 0 Å². The number of hydrogen-bond donors (Lipinski definition) is 2. The van der Waals surface area contributed by atoms with Crippen LogP contribution in [0.2, 0.25) is 0 Å². The second-order valence-corrected chi connectivity index (χ2v) is 4.37. The second kappa shape index (κ2) is 6.72. The number of amides is 1. The molecule has 2 rings (SSSR count). The molecule has 0 aliphatic rings. The summed E-state index contributed by atoms with van der Waals surface area (Å²) in [6.45, 7) is 3.02. The van der Waals surface area contributed by atoms with Crippen LogP contribution in [0, 0.1) is 6.92 Å². The number of nitrogens with one attached hydrogen (secondary N) is 1. The van der Waals surface area contributed by atoms with Crippen molar-refractivity contribution in [1.82, 2.24) is 10.3 Å². The normalized spacial score (nSPS) is 10.4. The third-order valence-corrected chi connectivity index (χ3v) is 2.58. The van der Waals surface area contributed by atoms with Crippen molar-refractivity contribution in [3.05, 3.63) is 47.7 Å². The van der Waals surface area contributed by atoms with Gasteiger partial charge < -0.3 is 20.2 Å². The molecule has 6 heteroatoms. The van der Waals surface area contributed by atoms with E-state index in [2.05, 4.69) is 10.3 Å². The Morgan fingerprint density at radius 3 is 2.70 bits per heavy atom. The fourth-order valence-electron chi connectivity index (χ4n) is 1.65. The highest BCUT2D eigenvalue weighted by molar-refractivity contribution is 5.75. The van der Waals surface area contributed by atoms with E-state index < -0.39 is 5.91 Å². The van der Waals surface area contributed by atoms with E-state index in [0.717, 1.165) is 11.3 Å². The topological polar surface area (TPSA) is 90.4 Å². The van der Waals surface area contributed by atoms with Gasteiger partial charge in [-0.25, -0.2) is 4.98 Å². The van der Waals surface area contributed by atoms with Crippen LogP contribution in [0.4, 0.5) is 0 Å². The number of aromatic nitrogens is 1. The van der Waals surface area contributed by atoms with Crippen molar-refractivity contribution in [3.63, 3.8) is 0 Å². The number of carbonyl (C=O) groups is 1. The molecule has 20 heavy (non-hydrogen) atoms. The van der Waals surface area contributed by atoms with Crippen molar-refractivity contribution in [3.8, 4) is 5.75 Å². The third kappa shape index (κ3) is 4.40. The van der Waals surface area contributed by atoms with Gasteiger partial charge in [-0.2, -0.15) is 0 Å². The smallest absolute Gasteiger partial charge is 0.255 e. The largest absolute Gasteiger partial charge is 0.484 e. The van der Waals surface area contributed by atoms with Gasteiger partial charge in [0.1, 0.15) is 11.5 Å². The van der Waals surface area contributed by atoms with E-state index in [0.29, 0.717) is 24.7 Å². The molecule has 0 saturated carbocycles. The quantitative estimate of drug-likeness (QED) is 0.790. The highest BCUT2D eigenvalue weighted by Gasteiger charge is 2.01. The number of primary amides is 1. The molecule has 0 spiro atoms. The van der Waals surface area contributed by atoms with Crippen LogP contribution in [-0.2, 0) is 17.9 Å². The average molecular weight is 275 g/mol. The van der Waals surface area contributed by atoms with E-state index in [9.17, 15) is 4.79 Å². The Balaban J connectivity index is 1.77. The predicted molar refractivity (Wildman–Crippen MR) is 72.9 cm³/mol. The maximum atomic E-state index is 10.6. The van der Waals surface area contributed by atoms with Gasteiger partial charge >= 0.3 is 0 Å². The number of aryl methyl sites for hydroxylation is 1. The van der Waals surface area contributed by atoms with Crippen molar-refractivity contribution < 1.29 is 13.9 Å². The summed E-state index contributed by atoms with van der Waals surface area (Å²) in [4.78, 5) is 14.7. The van der Waals surface area contributed by atoms with E-state index in [4.69, 9.17) is 14.9 Å². The lowest BCUT2D eigenvalue weighted by molar-refractivity contribution is -0.119. The summed E-state index contributed by atoms with van der Waals surface area (Å²) in [5.74, 6) is 1.61. The Morgan fingerprint density at radius 1 is 1.35 bits per heavy atom. The number of ether oxygens (including phenoxy) is 1. The number of nitrogens with two attached hydrogens (primary N) is 1. The molecule has 0 aliphatic heterocycles. The third-order valence-electron chi connectivity index (χ3n) is 2.58. The Morgan fingerprint density at radius 2 is 2.10 bits per heavy atom. The number of rotatable bonds is 7. The van der Waals surface area contributed by atoms with Crippen LogP contribution in [-0.4, -0.2) is 17.5 Å². The molecule has 1 amide bonds. The molecule has 1 aromatic carbocycles. The predicted octanol–water partition coefficient (Wildman–Crippen LogP) is 1.14. The van der Waals surface area contributed by atoms with Crippen molar-refractivity contribution in [2.24, 2.45) is 5.73 Å². The van der Waals surface area contributed by atoms with Crippen LogP contribution >= 0.6 is 0 Å². The van der Waals surface area contributed by atoms with Crippen LogP contribution in [0.1, 0.15) is 17.2 Å². The first-order valence-electron chi connectivity index (χ1n) is 6.25. The summed E-state index contributed by atoms with van der Waals surface area (Å²) < 4.78 is 10.5. The molecule has 1 aromatic heterocycles. The first-order valence-corrected chi connectivity index (χ1v) is 6.25. The van der Waals surface area contributed by atoms with Gasteiger partial charge in [0.25, 0.3) is 5.91 Å². The van der Waals surface area contributed by atoms with E-state index in [-0.39, 0.29) is 6.61 Å². The molecule has 0 bridgehead atoms. The number of carbonyl (C=O) groups excluding carboxylic acids is 1. The van der Waals surface area contributed by atoms with Crippen LogP contribution in [0.15, 0.2) is 34.9 Å². The fourth-order valence-corrected chi connectivity index (χ4v) is 1.65. The molecule has 0 atom stereocenters. The number of oxazole rings is 1. The van der Waals surface area contributed by atoms with Crippen molar-refractivity contribution in [2.45, 2.75) is 20.0 Å². The summed E-state index contributed by atoms with van der Waals surface area (Å²) in [6, 6.07) is 7.44. The first kappa shape index (κ1) is 14.1. The molecule has 6 nitrogen and oxygen atoms in total. The minimum Gasteiger partial charge on any atom is -0.484 e. The molecule has 0 saturated heterocycles. The van der Waals surface area contributed by atoms with Gasteiger partial charge in [-0.3, -0.25) is 4.79 Å². The zero-order chi connectivity index (χ0) is 14.4. The van der Waals surface area contributed by atoms with E-state index >= 15 is 0 Å². The van der Waals surface area contributed by atoms with Gasteiger partial charge in [-0.1, -0.05) is 12.1 Å². The van der Waals surface area contributed by atoms with Gasteiger partial charge in [-0.05, 0) is 24.6 Å². The van der Waals surface area contributed by atoms with Gasteiger partial charge in [0.2, 0.25) is 5.89 Å². The highest BCUT2D eigenvalue weighted by atomic mass is 16.5. The molecule has 2 aromatic rings. The zero-order valence-corrected chi connectivity index (χ0v) is 11.3. The number of benzene rings is 1. The molecular weight excluding hydrogens is 258 g/mol. The maximum Gasteiger partial charge on any atom is 0.255 e. The van der Waals surface area contributed by atoms with Crippen LogP contribution < -0.4 is 15.8 Å². The lowest BCUT2D eigenvalue weighted by atomic mass is 10.2. The van der Waals surface area contributed by atoms with Crippen LogP contribution in [0.3, 0.4) is 0 Å². The SMILES string of the molecule is Cc1cnc(CNCc2ccc(OCC(N)=O)cc2)o1. The summed E-state index contributed by atoms with van der Waals surface area (Å²) >= 11 is 0. The minimum atomic E-state index is -0.489. The first-order chi connectivity index (χ1) is 9.63. The summed E-state index contributed by atoms with van der Waals surface area (Å²) in [5, 5.41) is 3.23. The summed E-state index contributed by atoms with van der Waals surface area (Å²) in [5.41, 5.74) is 6.10. The fraction of sp³-hybridized carbons (Fsp3) is 0.286. The maximum absolute atomic E-state index is 10.6. The van der Waals surface area contributed by atoms with Gasteiger partial charge in [0, 0.05) is 6.54 Å². The number of nitrogens with zero attached hydrogens (tertiary/aromatic N) is 1. The number of hydrogen-bond acceptors (Lipinski definition) is 5.